The standard InChI is InChI=1S/C9H17NO2/c1-4-8(11)7(3)9(12)6(2)5-10/h4,7,9,11-12H,2,5,10H2,1,3H3/b8-4+. The quantitative estimate of drug-likeness (QED) is 0.436. The molecule has 0 aliphatic carbocycles. The highest BCUT2D eigenvalue weighted by molar-refractivity contribution is 5.10. The molecule has 0 aliphatic rings. The molecule has 0 saturated carbocycles. The van der Waals surface area contributed by atoms with Gasteiger partial charge >= 0.3 is 0 Å². The molecule has 0 aromatic heterocycles. The summed E-state index contributed by atoms with van der Waals surface area (Å²) in [6, 6.07) is 0. The highest BCUT2D eigenvalue weighted by Crippen LogP contribution is 2.16. The third-order valence-corrected chi connectivity index (χ3v) is 1.92. The summed E-state index contributed by atoms with van der Waals surface area (Å²) in [7, 11) is 0. The fourth-order valence-electron chi connectivity index (χ4n) is 0.899. The molecule has 12 heavy (non-hydrogen) atoms. The molecule has 3 heteroatoms. The average Bonchev–Trinajstić information content (AvgIpc) is 2.12. The van der Waals surface area contributed by atoms with E-state index in [2.05, 4.69) is 6.58 Å². The van der Waals surface area contributed by atoms with Gasteiger partial charge in [0.1, 0.15) is 0 Å². The number of allylic oxidation sites excluding steroid dienone is 1. The summed E-state index contributed by atoms with van der Waals surface area (Å²) in [4.78, 5) is 0. The van der Waals surface area contributed by atoms with Gasteiger partial charge in [-0.3, -0.25) is 0 Å². The van der Waals surface area contributed by atoms with Gasteiger partial charge in [-0.1, -0.05) is 13.5 Å². The maximum absolute atomic E-state index is 9.51. The van der Waals surface area contributed by atoms with Crippen molar-refractivity contribution < 1.29 is 10.2 Å². The van der Waals surface area contributed by atoms with Gasteiger partial charge in [0.05, 0.1) is 11.9 Å². The van der Waals surface area contributed by atoms with Crippen LogP contribution in [0.15, 0.2) is 24.0 Å². The van der Waals surface area contributed by atoms with Crippen LogP contribution in [0.2, 0.25) is 0 Å². The van der Waals surface area contributed by atoms with Gasteiger partial charge < -0.3 is 15.9 Å². The number of nitrogens with two attached hydrogens (primary N) is 1. The maximum atomic E-state index is 9.51. The fraction of sp³-hybridized carbons (Fsp3) is 0.556. The van der Waals surface area contributed by atoms with Crippen LogP contribution in [0.1, 0.15) is 13.8 Å². The highest BCUT2D eigenvalue weighted by Gasteiger charge is 2.19. The van der Waals surface area contributed by atoms with Crippen molar-refractivity contribution in [3.8, 4) is 0 Å². The molecule has 0 aromatic carbocycles. The minimum atomic E-state index is -0.758. The lowest BCUT2D eigenvalue weighted by Crippen LogP contribution is -2.25. The Morgan fingerprint density at radius 1 is 1.67 bits per heavy atom. The van der Waals surface area contributed by atoms with Crippen molar-refractivity contribution >= 4 is 0 Å². The van der Waals surface area contributed by atoms with Gasteiger partial charge in [-0.05, 0) is 18.6 Å². The smallest absolute Gasteiger partial charge is 0.0937 e. The summed E-state index contributed by atoms with van der Waals surface area (Å²) in [5, 5.41) is 18.8. The van der Waals surface area contributed by atoms with E-state index in [1.807, 2.05) is 0 Å². The summed E-state index contributed by atoms with van der Waals surface area (Å²) in [6.45, 7) is 7.27. The topological polar surface area (TPSA) is 66.5 Å². The van der Waals surface area contributed by atoms with E-state index in [9.17, 15) is 10.2 Å². The van der Waals surface area contributed by atoms with Crippen molar-refractivity contribution in [3.05, 3.63) is 24.0 Å². The minimum Gasteiger partial charge on any atom is -0.512 e. The number of rotatable bonds is 4. The van der Waals surface area contributed by atoms with Crippen molar-refractivity contribution in [2.75, 3.05) is 6.54 Å². The fourth-order valence-corrected chi connectivity index (χ4v) is 0.899. The lowest BCUT2D eigenvalue weighted by Gasteiger charge is -2.19. The van der Waals surface area contributed by atoms with E-state index in [-0.39, 0.29) is 18.2 Å². The number of hydrogen-bond acceptors (Lipinski definition) is 3. The van der Waals surface area contributed by atoms with E-state index in [0.29, 0.717) is 5.57 Å². The summed E-state index contributed by atoms with van der Waals surface area (Å²) >= 11 is 0. The first-order valence-corrected chi connectivity index (χ1v) is 3.95. The SMILES string of the molecule is C=C(CN)C(O)C(C)/C(O)=C\C. The van der Waals surface area contributed by atoms with Gasteiger partial charge in [0, 0.05) is 12.5 Å². The van der Waals surface area contributed by atoms with Gasteiger partial charge in [0.15, 0.2) is 0 Å². The second-order valence-electron chi connectivity index (χ2n) is 2.81. The molecule has 4 N–H and O–H groups in total. The zero-order valence-corrected chi connectivity index (χ0v) is 7.62. The van der Waals surface area contributed by atoms with E-state index in [0.717, 1.165) is 0 Å². The zero-order valence-electron chi connectivity index (χ0n) is 7.62. The first-order chi connectivity index (χ1) is 5.54. The van der Waals surface area contributed by atoms with Crippen molar-refractivity contribution in [1.29, 1.82) is 0 Å². The molecule has 2 atom stereocenters. The molecule has 3 nitrogen and oxygen atoms in total. The normalized spacial score (nSPS) is 17.2. The third-order valence-electron chi connectivity index (χ3n) is 1.92. The molecule has 0 bridgehead atoms. The molecule has 0 rings (SSSR count). The Labute approximate surface area is 73.2 Å². The molecule has 70 valence electrons. The Morgan fingerprint density at radius 3 is 2.50 bits per heavy atom. The summed E-state index contributed by atoms with van der Waals surface area (Å²) in [6.07, 6.45) is 0.795. The largest absolute Gasteiger partial charge is 0.512 e. The molecule has 0 heterocycles. The minimum absolute atomic E-state index is 0.164. The zero-order chi connectivity index (χ0) is 9.72. The predicted octanol–water partition coefficient (Wildman–Crippen LogP) is 0.960. The Hall–Kier alpha value is -0.800. The van der Waals surface area contributed by atoms with Crippen molar-refractivity contribution in [1.82, 2.24) is 0 Å². The van der Waals surface area contributed by atoms with Gasteiger partial charge in [-0.2, -0.15) is 0 Å². The lowest BCUT2D eigenvalue weighted by molar-refractivity contribution is 0.140. The van der Waals surface area contributed by atoms with Crippen LogP contribution < -0.4 is 5.73 Å². The molecular weight excluding hydrogens is 154 g/mol. The Morgan fingerprint density at radius 2 is 2.17 bits per heavy atom. The maximum Gasteiger partial charge on any atom is 0.0937 e. The number of aliphatic hydroxyl groups excluding tert-OH is 2. The summed E-state index contributed by atoms with van der Waals surface area (Å²) in [5.41, 5.74) is 5.83. The molecule has 0 aliphatic heterocycles. The molecule has 0 radical (unpaired) electrons. The second-order valence-corrected chi connectivity index (χ2v) is 2.81. The molecule has 0 aromatic rings. The van der Waals surface area contributed by atoms with Crippen molar-refractivity contribution in [3.63, 3.8) is 0 Å². The van der Waals surface area contributed by atoms with E-state index in [4.69, 9.17) is 5.73 Å². The molecular formula is C9H17NO2. The predicted molar refractivity (Wildman–Crippen MR) is 49.8 cm³/mol. The molecule has 0 fully saturated rings. The molecule has 0 saturated heterocycles. The van der Waals surface area contributed by atoms with E-state index in [1.54, 1.807) is 19.9 Å². The van der Waals surface area contributed by atoms with Gasteiger partial charge in [0.25, 0.3) is 0 Å². The first-order valence-electron chi connectivity index (χ1n) is 3.95. The molecule has 2 unspecified atom stereocenters. The van der Waals surface area contributed by atoms with Crippen LogP contribution in [0, 0.1) is 5.92 Å². The average molecular weight is 171 g/mol. The van der Waals surface area contributed by atoms with Gasteiger partial charge in [-0.25, -0.2) is 0 Å². The van der Waals surface area contributed by atoms with Crippen LogP contribution >= 0.6 is 0 Å². The Kier molecular flexibility index (Phi) is 4.62. The first kappa shape index (κ1) is 11.2. The van der Waals surface area contributed by atoms with Crippen LogP contribution in [0.25, 0.3) is 0 Å². The van der Waals surface area contributed by atoms with Crippen LogP contribution in [-0.4, -0.2) is 22.9 Å². The van der Waals surface area contributed by atoms with Crippen LogP contribution in [-0.2, 0) is 0 Å². The van der Waals surface area contributed by atoms with E-state index in [1.165, 1.54) is 0 Å². The van der Waals surface area contributed by atoms with Crippen LogP contribution in [0.5, 0.6) is 0 Å². The Bertz CT molecular complexity index is 187. The third kappa shape index (κ3) is 2.68. The molecule has 0 amide bonds. The van der Waals surface area contributed by atoms with E-state index >= 15 is 0 Å². The monoisotopic (exact) mass is 171 g/mol. The Balaban J connectivity index is 4.28. The van der Waals surface area contributed by atoms with Crippen molar-refractivity contribution in [2.45, 2.75) is 20.0 Å². The summed E-state index contributed by atoms with van der Waals surface area (Å²) in [5.74, 6) is -0.164. The van der Waals surface area contributed by atoms with Crippen LogP contribution in [0.3, 0.4) is 0 Å². The summed E-state index contributed by atoms with van der Waals surface area (Å²) < 4.78 is 0. The number of hydrogen-bond donors (Lipinski definition) is 3. The highest BCUT2D eigenvalue weighted by atomic mass is 16.3. The lowest BCUT2D eigenvalue weighted by atomic mass is 9.96. The number of aliphatic hydroxyl groups is 2. The van der Waals surface area contributed by atoms with Crippen LogP contribution in [0.4, 0.5) is 0 Å². The molecule has 0 spiro atoms. The van der Waals surface area contributed by atoms with Gasteiger partial charge in [-0.15, -0.1) is 0 Å². The van der Waals surface area contributed by atoms with E-state index < -0.39 is 6.10 Å². The second kappa shape index (κ2) is 4.95. The van der Waals surface area contributed by atoms with Crippen molar-refractivity contribution in [2.24, 2.45) is 11.7 Å². The van der Waals surface area contributed by atoms with Gasteiger partial charge in [0.2, 0.25) is 0 Å².